The van der Waals surface area contributed by atoms with Crippen LogP contribution in [0.1, 0.15) is 27.1 Å². The Morgan fingerprint density at radius 1 is 0.972 bits per heavy atom. The van der Waals surface area contributed by atoms with Gasteiger partial charge in [0.25, 0.3) is 23.4 Å². The fourth-order valence-corrected chi connectivity index (χ4v) is 6.30. The van der Waals surface area contributed by atoms with E-state index in [4.69, 9.17) is 11.6 Å². The number of carbonyl (C=O) groups is 4. The maximum Gasteiger partial charge on any atom is 0.273 e. The van der Waals surface area contributed by atoms with Crippen molar-refractivity contribution in [3.8, 4) is 0 Å². The zero-order chi connectivity index (χ0) is 25.3. The molecule has 2 aromatic carbocycles. The highest BCUT2D eigenvalue weighted by Gasteiger charge is 2.68. The molecule has 182 valence electrons. The molecule has 3 amide bonds. The van der Waals surface area contributed by atoms with E-state index in [1.807, 2.05) is 12.2 Å². The molecule has 2 bridgehead atoms. The van der Waals surface area contributed by atoms with Gasteiger partial charge >= 0.3 is 0 Å². The highest BCUT2D eigenvalue weighted by atomic mass is 35.5. The molecule has 0 spiro atoms. The summed E-state index contributed by atoms with van der Waals surface area (Å²) >= 11 is 5.95. The van der Waals surface area contributed by atoms with E-state index in [1.165, 1.54) is 42.5 Å². The maximum absolute atomic E-state index is 13.7. The largest absolute Gasteiger partial charge is 0.292 e. The molecule has 5 aliphatic rings. The Morgan fingerprint density at radius 2 is 1.58 bits per heavy atom. The quantitative estimate of drug-likeness (QED) is 0.195. The van der Waals surface area contributed by atoms with Gasteiger partial charge < -0.3 is 0 Å². The molecule has 1 heterocycles. The molecule has 0 N–H and O–H groups in total. The normalized spacial score (nSPS) is 29.1. The van der Waals surface area contributed by atoms with Crippen molar-refractivity contribution in [3.05, 3.63) is 86.9 Å². The van der Waals surface area contributed by atoms with Crippen molar-refractivity contribution in [3.63, 3.8) is 0 Å². The fraction of sp³-hybridized carbons (Fsp3) is 0.308. The SMILES string of the molecule is O=C(CN(C(=O)c1ccc(Cl)cc1)N1C(=O)[C@@H]2[C@H]3C=C[C@@H]([C@@H]4C[C@@H]34)[C@H]2C1=O)c1cccc([N+](=O)[O-])c1. The second-order valence-corrected chi connectivity index (χ2v) is 10.2. The molecule has 7 rings (SSSR count). The lowest BCUT2D eigenvalue weighted by Gasteiger charge is -2.37. The number of hydrogen-bond acceptors (Lipinski definition) is 6. The number of carbonyl (C=O) groups excluding carboxylic acids is 4. The summed E-state index contributed by atoms with van der Waals surface area (Å²) in [5.74, 6) is -2.76. The van der Waals surface area contributed by atoms with E-state index in [0.717, 1.165) is 22.5 Å². The highest BCUT2D eigenvalue weighted by molar-refractivity contribution is 6.30. The van der Waals surface area contributed by atoms with Crippen LogP contribution in [0.3, 0.4) is 0 Å². The standard InChI is InChI=1S/C26H20ClN3O6/c27-15-6-4-13(5-7-15)24(32)28(12-21(31)14-2-1-3-16(10-14)30(35)36)29-25(33)22-17-8-9-18(20-11-19(17)20)23(22)26(29)34/h1-10,17-20,22-23H,11-12H2/t17-,18-,19-,20-,22+,23+/m0/s1. The number of allylic oxidation sites excluding steroid dienone is 2. The summed E-state index contributed by atoms with van der Waals surface area (Å²) in [5, 5.41) is 13.3. The summed E-state index contributed by atoms with van der Waals surface area (Å²) in [7, 11) is 0. The van der Waals surface area contributed by atoms with E-state index in [0.29, 0.717) is 16.9 Å². The Balaban J connectivity index is 1.36. The summed E-state index contributed by atoms with van der Waals surface area (Å²) < 4.78 is 0. The monoisotopic (exact) mass is 505 g/mol. The van der Waals surface area contributed by atoms with E-state index in [9.17, 15) is 29.3 Å². The Bertz CT molecular complexity index is 1340. The van der Waals surface area contributed by atoms with Crippen LogP contribution in [-0.4, -0.2) is 45.0 Å². The predicted molar refractivity (Wildman–Crippen MR) is 126 cm³/mol. The lowest BCUT2D eigenvalue weighted by molar-refractivity contribution is -0.384. The second kappa shape index (κ2) is 8.09. The van der Waals surface area contributed by atoms with E-state index in [2.05, 4.69) is 0 Å². The van der Waals surface area contributed by atoms with Gasteiger partial charge in [0.2, 0.25) is 0 Å². The number of hydrazine groups is 1. The summed E-state index contributed by atoms with van der Waals surface area (Å²) in [5.41, 5.74) is -0.138. The minimum atomic E-state index is -0.712. The molecule has 1 saturated heterocycles. The van der Waals surface area contributed by atoms with Gasteiger partial charge in [-0.05, 0) is 54.4 Å². The van der Waals surface area contributed by atoms with E-state index in [-0.39, 0.29) is 28.7 Å². The number of non-ortho nitro benzene ring substituents is 1. The van der Waals surface area contributed by atoms with Crippen molar-refractivity contribution in [1.82, 2.24) is 10.0 Å². The van der Waals surface area contributed by atoms with Gasteiger partial charge in [0.05, 0.1) is 16.8 Å². The van der Waals surface area contributed by atoms with Crippen LogP contribution in [0.25, 0.3) is 0 Å². The summed E-state index contributed by atoms with van der Waals surface area (Å²) in [6.07, 6.45) is 5.04. The fourth-order valence-electron chi connectivity index (χ4n) is 6.17. The summed E-state index contributed by atoms with van der Waals surface area (Å²) in [6.45, 7) is -0.630. The molecule has 0 aromatic heterocycles. The Morgan fingerprint density at radius 3 is 2.17 bits per heavy atom. The molecular weight excluding hydrogens is 486 g/mol. The number of nitro benzene ring substituents is 1. The Hall–Kier alpha value is -3.85. The molecule has 4 aliphatic carbocycles. The number of nitrogens with zero attached hydrogens (tertiary/aromatic N) is 3. The van der Waals surface area contributed by atoms with Crippen LogP contribution < -0.4 is 0 Å². The van der Waals surface area contributed by atoms with Crippen molar-refractivity contribution in [2.24, 2.45) is 35.5 Å². The average molecular weight is 506 g/mol. The van der Waals surface area contributed by atoms with Crippen LogP contribution in [0.4, 0.5) is 5.69 Å². The van der Waals surface area contributed by atoms with Crippen LogP contribution >= 0.6 is 11.6 Å². The lowest BCUT2D eigenvalue weighted by atomic mass is 9.63. The molecule has 10 heteroatoms. The van der Waals surface area contributed by atoms with Crippen molar-refractivity contribution >= 4 is 40.8 Å². The van der Waals surface area contributed by atoms with Gasteiger partial charge in [-0.25, -0.2) is 5.01 Å². The minimum absolute atomic E-state index is 0.00222. The molecule has 36 heavy (non-hydrogen) atoms. The maximum atomic E-state index is 13.7. The molecule has 2 saturated carbocycles. The molecule has 6 atom stereocenters. The number of nitro groups is 1. The first-order valence-corrected chi connectivity index (χ1v) is 12.0. The molecule has 0 radical (unpaired) electrons. The first-order valence-electron chi connectivity index (χ1n) is 11.7. The Kier molecular flexibility index (Phi) is 5.08. The van der Waals surface area contributed by atoms with E-state index < -0.39 is 46.8 Å². The predicted octanol–water partition coefficient (Wildman–Crippen LogP) is 3.54. The summed E-state index contributed by atoms with van der Waals surface area (Å²) in [6, 6.07) is 11.0. The number of amides is 3. The van der Waals surface area contributed by atoms with Gasteiger partial charge in [-0.3, -0.25) is 29.3 Å². The second-order valence-electron chi connectivity index (χ2n) is 9.74. The third kappa shape index (κ3) is 3.37. The zero-order valence-electron chi connectivity index (χ0n) is 18.8. The first-order chi connectivity index (χ1) is 17.3. The first kappa shape index (κ1) is 22.6. The number of hydrogen-bond donors (Lipinski definition) is 0. The van der Waals surface area contributed by atoms with Crippen molar-refractivity contribution in [2.75, 3.05) is 6.54 Å². The number of rotatable bonds is 6. The van der Waals surface area contributed by atoms with Gasteiger partial charge in [0.1, 0.15) is 6.54 Å². The Labute approximate surface area is 210 Å². The third-order valence-corrected chi connectivity index (χ3v) is 8.13. The van der Waals surface area contributed by atoms with Crippen molar-refractivity contribution < 1.29 is 24.1 Å². The van der Waals surface area contributed by atoms with Crippen LogP contribution in [-0.2, 0) is 9.59 Å². The smallest absolute Gasteiger partial charge is 0.273 e. The number of imide groups is 1. The van der Waals surface area contributed by atoms with Crippen LogP contribution in [0, 0.1) is 45.6 Å². The number of halogens is 1. The van der Waals surface area contributed by atoms with Gasteiger partial charge in [-0.2, -0.15) is 5.01 Å². The number of benzene rings is 2. The topological polar surface area (TPSA) is 118 Å². The molecule has 3 fully saturated rings. The molecule has 0 unspecified atom stereocenters. The average Bonchev–Trinajstić information content (AvgIpc) is 3.66. The molecule has 2 aromatic rings. The van der Waals surface area contributed by atoms with Crippen molar-refractivity contribution in [1.29, 1.82) is 0 Å². The van der Waals surface area contributed by atoms with Gasteiger partial charge in [0.15, 0.2) is 5.78 Å². The van der Waals surface area contributed by atoms with Crippen LogP contribution in [0.5, 0.6) is 0 Å². The minimum Gasteiger partial charge on any atom is -0.292 e. The van der Waals surface area contributed by atoms with E-state index >= 15 is 0 Å². The van der Waals surface area contributed by atoms with Gasteiger partial charge in [-0.1, -0.05) is 35.9 Å². The van der Waals surface area contributed by atoms with Crippen LogP contribution in [0.2, 0.25) is 5.02 Å². The van der Waals surface area contributed by atoms with Gasteiger partial charge in [0, 0.05) is 28.3 Å². The molecule has 1 aliphatic heterocycles. The van der Waals surface area contributed by atoms with E-state index in [1.54, 1.807) is 0 Å². The number of ketones is 1. The van der Waals surface area contributed by atoms with Crippen molar-refractivity contribution in [2.45, 2.75) is 6.42 Å². The zero-order valence-corrected chi connectivity index (χ0v) is 19.6. The van der Waals surface area contributed by atoms with Crippen LogP contribution in [0.15, 0.2) is 60.7 Å². The molecular formula is C26H20ClN3O6. The lowest BCUT2D eigenvalue weighted by Crippen LogP contribution is -2.52. The number of Topliss-reactive ketones (excluding diaryl/α,β-unsaturated/α-hetero) is 1. The summed E-state index contributed by atoms with van der Waals surface area (Å²) in [4.78, 5) is 64.7. The third-order valence-electron chi connectivity index (χ3n) is 7.88. The molecule has 9 nitrogen and oxygen atoms in total. The van der Waals surface area contributed by atoms with Gasteiger partial charge in [-0.15, -0.1) is 0 Å². The highest BCUT2D eigenvalue weighted by Crippen LogP contribution is 2.65.